The SMILES string of the molecule is C(/C=N/Nc1cccc2cccnc12)=N\Nc1cccc2cccnc12. The third-order valence-electron chi connectivity index (χ3n) is 3.85. The van der Waals surface area contributed by atoms with E-state index in [1.807, 2.05) is 60.7 Å². The summed E-state index contributed by atoms with van der Waals surface area (Å²) in [5.74, 6) is 0. The van der Waals surface area contributed by atoms with E-state index in [1.54, 1.807) is 24.8 Å². The van der Waals surface area contributed by atoms with Gasteiger partial charge in [0.1, 0.15) is 0 Å². The molecule has 0 aliphatic rings. The summed E-state index contributed by atoms with van der Waals surface area (Å²) in [6.07, 6.45) is 6.68. The van der Waals surface area contributed by atoms with E-state index in [9.17, 15) is 0 Å². The van der Waals surface area contributed by atoms with Gasteiger partial charge in [-0.2, -0.15) is 10.2 Å². The smallest absolute Gasteiger partial charge is 0.0951 e. The number of hydrogen-bond donors (Lipinski definition) is 2. The second-order valence-electron chi connectivity index (χ2n) is 5.54. The first kappa shape index (κ1) is 15.7. The molecule has 0 aliphatic heterocycles. The maximum Gasteiger partial charge on any atom is 0.0951 e. The van der Waals surface area contributed by atoms with E-state index < -0.39 is 0 Å². The molecule has 6 nitrogen and oxygen atoms in total. The summed E-state index contributed by atoms with van der Waals surface area (Å²) in [4.78, 5) is 8.75. The maximum atomic E-state index is 4.38. The molecule has 0 unspecified atom stereocenters. The summed E-state index contributed by atoms with van der Waals surface area (Å²) >= 11 is 0. The van der Waals surface area contributed by atoms with Crippen LogP contribution in [-0.2, 0) is 0 Å². The van der Waals surface area contributed by atoms with Crippen molar-refractivity contribution >= 4 is 45.6 Å². The zero-order chi connectivity index (χ0) is 17.6. The highest BCUT2D eigenvalue weighted by Gasteiger charge is 2.00. The molecule has 2 aromatic heterocycles. The van der Waals surface area contributed by atoms with E-state index in [-0.39, 0.29) is 0 Å². The number of benzene rings is 2. The normalized spacial score (nSPS) is 11.5. The fraction of sp³-hybridized carbons (Fsp3) is 0. The van der Waals surface area contributed by atoms with Crippen molar-refractivity contribution in [3.63, 3.8) is 0 Å². The van der Waals surface area contributed by atoms with Gasteiger partial charge < -0.3 is 0 Å². The number of anilines is 2. The Morgan fingerprint density at radius 1 is 0.615 bits per heavy atom. The number of aromatic nitrogens is 2. The van der Waals surface area contributed by atoms with Gasteiger partial charge in [-0.25, -0.2) is 0 Å². The summed E-state index contributed by atoms with van der Waals surface area (Å²) in [6.45, 7) is 0. The van der Waals surface area contributed by atoms with Gasteiger partial charge in [0.25, 0.3) is 0 Å². The van der Waals surface area contributed by atoms with Crippen molar-refractivity contribution in [1.82, 2.24) is 9.97 Å². The lowest BCUT2D eigenvalue weighted by atomic mass is 10.2. The van der Waals surface area contributed by atoms with Crippen LogP contribution in [0.4, 0.5) is 11.4 Å². The molecule has 26 heavy (non-hydrogen) atoms. The number of hydrazone groups is 2. The van der Waals surface area contributed by atoms with E-state index in [0.717, 1.165) is 33.2 Å². The Hall–Kier alpha value is -3.80. The van der Waals surface area contributed by atoms with Gasteiger partial charge in [0.2, 0.25) is 0 Å². The molecule has 0 radical (unpaired) electrons. The quantitative estimate of drug-likeness (QED) is 0.420. The largest absolute Gasteiger partial charge is 0.276 e. The van der Waals surface area contributed by atoms with Crippen LogP contribution < -0.4 is 10.9 Å². The highest BCUT2D eigenvalue weighted by molar-refractivity contribution is 6.16. The van der Waals surface area contributed by atoms with Crippen molar-refractivity contribution in [2.45, 2.75) is 0 Å². The van der Waals surface area contributed by atoms with Crippen molar-refractivity contribution < 1.29 is 0 Å². The lowest BCUT2D eigenvalue weighted by molar-refractivity contribution is 1.33. The first-order valence-electron chi connectivity index (χ1n) is 8.16. The average molecular weight is 340 g/mol. The van der Waals surface area contributed by atoms with Gasteiger partial charge in [0, 0.05) is 23.2 Å². The summed E-state index contributed by atoms with van der Waals surface area (Å²) in [5, 5.41) is 10.5. The van der Waals surface area contributed by atoms with E-state index >= 15 is 0 Å². The summed E-state index contributed by atoms with van der Waals surface area (Å²) in [5.41, 5.74) is 9.43. The standard InChI is InChI=1S/C20H16N6/c1-5-15-7-3-11-21-19(15)17(9-1)25-23-13-14-24-26-18-10-2-6-16-8-4-12-22-20(16)18/h1-14,25-26H/b23-13+,24-14+. The molecule has 4 rings (SSSR count). The van der Waals surface area contributed by atoms with Crippen molar-refractivity contribution in [3.8, 4) is 0 Å². The fourth-order valence-electron chi connectivity index (χ4n) is 2.67. The van der Waals surface area contributed by atoms with Crippen molar-refractivity contribution in [2.75, 3.05) is 10.9 Å². The Kier molecular flexibility index (Phi) is 4.47. The zero-order valence-electron chi connectivity index (χ0n) is 13.9. The Bertz CT molecular complexity index is 1000. The van der Waals surface area contributed by atoms with Gasteiger partial charge in [-0.1, -0.05) is 36.4 Å². The molecule has 2 aromatic carbocycles. The van der Waals surface area contributed by atoms with Crippen LogP contribution in [0.1, 0.15) is 0 Å². The van der Waals surface area contributed by atoms with Gasteiger partial charge in [0.05, 0.1) is 34.8 Å². The molecule has 4 aromatic rings. The summed E-state index contributed by atoms with van der Waals surface area (Å²) in [6, 6.07) is 19.7. The maximum absolute atomic E-state index is 4.38. The zero-order valence-corrected chi connectivity index (χ0v) is 13.9. The number of hydrogen-bond acceptors (Lipinski definition) is 6. The molecule has 0 bridgehead atoms. The molecule has 0 spiro atoms. The molecule has 0 atom stereocenters. The van der Waals surface area contributed by atoms with Crippen molar-refractivity contribution in [1.29, 1.82) is 0 Å². The number of rotatable bonds is 5. The lowest BCUT2D eigenvalue weighted by Crippen LogP contribution is -1.95. The van der Waals surface area contributed by atoms with E-state index in [1.165, 1.54) is 0 Å². The Labute approximate surface area is 150 Å². The lowest BCUT2D eigenvalue weighted by Gasteiger charge is -2.04. The van der Waals surface area contributed by atoms with Gasteiger partial charge >= 0.3 is 0 Å². The Morgan fingerprint density at radius 3 is 1.58 bits per heavy atom. The number of nitrogens with zero attached hydrogens (tertiary/aromatic N) is 4. The molecular formula is C20H16N6. The second-order valence-corrected chi connectivity index (χ2v) is 5.54. The number of fused-ring (bicyclic) bond motifs is 2. The first-order chi connectivity index (χ1) is 12.9. The minimum absolute atomic E-state index is 0.846. The Balaban J connectivity index is 1.42. The van der Waals surface area contributed by atoms with Crippen LogP contribution in [0, 0.1) is 0 Å². The molecule has 0 saturated heterocycles. The molecule has 2 heterocycles. The van der Waals surface area contributed by atoms with Crippen LogP contribution in [0.2, 0.25) is 0 Å². The molecular weight excluding hydrogens is 324 g/mol. The molecule has 0 amide bonds. The van der Waals surface area contributed by atoms with Crippen molar-refractivity contribution in [2.24, 2.45) is 10.2 Å². The predicted molar refractivity (Wildman–Crippen MR) is 108 cm³/mol. The van der Waals surface area contributed by atoms with Gasteiger partial charge in [-0.3, -0.25) is 20.8 Å². The molecule has 126 valence electrons. The van der Waals surface area contributed by atoms with Crippen LogP contribution in [-0.4, -0.2) is 22.4 Å². The molecule has 0 aliphatic carbocycles. The highest BCUT2D eigenvalue weighted by Crippen LogP contribution is 2.21. The monoisotopic (exact) mass is 340 g/mol. The molecule has 6 heteroatoms. The predicted octanol–water partition coefficient (Wildman–Crippen LogP) is 4.28. The Morgan fingerprint density at radius 2 is 1.08 bits per heavy atom. The minimum atomic E-state index is 0.846. The number of para-hydroxylation sites is 2. The third kappa shape index (κ3) is 3.34. The van der Waals surface area contributed by atoms with Crippen LogP contribution in [0.3, 0.4) is 0 Å². The van der Waals surface area contributed by atoms with Crippen LogP contribution in [0.15, 0.2) is 83.3 Å². The topological polar surface area (TPSA) is 74.6 Å². The highest BCUT2D eigenvalue weighted by atomic mass is 15.3. The number of pyridine rings is 2. The first-order valence-corrected chi connectivity index (χ1v) is 8.16. The van der Waals surface area contributed by atoms with Gasteiger partial charge in [-0.05, 0) is 24.3 Å². The van der Waals surface area contributed by atoms with Crippen LogP contribution in [0.5, 0.6) is 0 Å². The van der Waals surface area contributed by atoms with E-state index in [4.69, 9.17) is 0 Å². The van der Waals surface area contributed by atoms with Crippen LogP contribution >= 0.6 is 0 Å². The van der Waals surface area contributed by atoms with Crippen molar-refractivity contribution in [3.05, 3.63) is 73.1 Å². The van der Waals surface area contributed by atoms with E-state index in [0.29, 0.717) is 0 Å². The fourth-order valence-corrected chi connectivity index (χ4v) is 2.67. The second kappa shape index (κ2) is 7.40. The summed E-state index contributed by atoms with van der Waals surface area (Å²) < 4.78 is 0. The summed E-state index contributed by atoms with van der Waals surface area (Å²) in [7, 11) is 0. The third-order valence-corrected chi connectivity index (χ3v) is 3.85. The molecule has 0 saturated carbocycles. The molecule has 0 fully saturated rings. The van der Waals surface area contributed by atoms with Gasteiger partial charge in [0.15, 0.2) is 0 Å². The minimum Gasteiger partial charge on any atom is -0.276 e. The average Bonchev–Trinajstić information content (AvgIpc) is 2.71. The van der Waals surface area contributed by atoms with Gasteiger partial charge in [-0.15, -0.1) is 0 Å². The molecule has 2 N–H and O–H groups in total. The van der Waals surface area contributed by atoms with E-state index in [2.05, 4.69) is 31.0 Å². The number of nitrogens with one attached hydrogen (secondary N) is 2. The van der Waals surface area contributed by atoms with Crippen LogP contribution in [0.25, 0.3) is 21.8 Å².